The van der Waals surface area contributed by atoms with E-state index in [0.717, 1.165) is 5.92 Å². The minimum atomic E-state index is 0.293. The van der Waals surface area contributed by atoms with Gasteiger partial charge in [-0.1, -0.05) is 49.9 Å². The van der Waals surface area contributed by atoms with Crippen LogP contribution in [0.4, 0.5) is 0 Å². The van der Waals surface area contributed by atoms with E-state index in [4.69, 9.17) is 0 Å². The van der Waals surface area contributed by atoms with Crippen molar-refractivity contribution < 1.29 is 5.11 Å². The van der Waals surface area contributed by atoms with Gasteiger partial charge in [-0.15, -0.1) is 0 Å². The fraction of sp³-hybridized carbons (Fsp3) is 0.600. The number of rotatable bonds is 4. The van der Waals surface area contributed by atoms with Crippen molar-refractivity contribution in [1.29, 1.82) is 0 Å². The molecule has 0 spiro atoms. The van der Waals surface area contributed by atoms with Crippen molar-refractivity contribution in [3.05, 3.63) is 35.4 Å². The number of hydrogen-bond donors (Lipinski definition) is 1. The third-order valence-corrected chi connectivity index (χ3v) is 3.94. The van der Waals surface area contributed by atoms with Crippen molar-refractivity contribution in [3.63, 3.8) is 0 Å². The quantitative estimate of drug-likeness (QED) is 0.818. The van der Waals surface area contributed by atoms with Crippen molar-refractivity contribution >= 4 is 0 Å². The van der Waals surface area contributed by atoms with Crippen LogP contribution >= 0.6 is 0 Å². The fourth-order valence-corrected chi connectivity index (χ4v) is 2.99. The highest BCUT2D eigenvalue weighted by molar-refractivity contribution is 5.29. The van der Waals surface area contributed by atoms with Gasteiger partial charge in [0.05, 0.1) is 0 Å². The fourth-order valence-electron chi connectivity index (χ4n) is 2.99. The predicted molar refractivity (Wildman–Crippen MR) is 67.6 cm³/mol. The molecule has 1 aliphatic carbocycles. The van der Waals surface area contributed by atoms with Gasteiger partial charge in [-0.05, 0) is 30.4 Å². The summed E-state index contributed by atoms with van der Waals surface area (Å²) in [6, 6.07) is 8.47. The summed E-state index contributed by atoms with van der Waals surface area (Å²) in [4.78, 5) is 0. The normalized spacial score (nSPS) is 18.9. The van der Waals surface area contributed by atoms with Gasteiger partial charge in [-0.2, -0.15) is 0 Å². The first-order chi connectivity index (χ1) is 7.81. The van der Waals surface area contributed by atoms with Crippen LogP contribution in [0.2, 0.25) is 0 Å². The molecule has 1 atom stereocenters. The molecular formula is C15H22O. The van der Waals surface area contributed by atoms with E-state index in [9.17, 15) is 5.11 Å². The highest BCUT2D eigenvalue weighted by atomic mass is 16.3. The number of aliphatic hydroxyl groups excluding tert-OH is 1. The molecule has 1 saturated carbocycles. The molecule has 0 amide bonds. The van der Waals surface area contributed by atoms with Gasteiger partial charge in [0.15, 0.2) is 0 Å². The topological polar surface area (TPSA) is 20.2 Å². The summed E-state index contributed by atoms with van der Waals surface area (Å²) in [5, 5.41) is 9.56. The second kappa shape index (κ2) is 5.49. The lowest BCUT2D eigenvalue weighted by Crippen LogP contribution is -2.10. The minimum Gasteiger partial charge on any atom is -0.396 e. The van der Waals surface area contributed by atoms with Gasteiger partial charge in [0.2, 0.25) is 0 Å². The van der Waals surface area contributed by atoms with Crippen molar-refractivity contribution in [1.82, 2.24) is 0 Å². The number of aliphatic hydroxyl groups is 1. The largest absolute Gasteiger partial charge is 0.396 e. The summed E-state index contributed by atoms with van der Waals surface area (Å²) in [7, 11) is 0. The van der Waals surface area contributed by atoms with Crippen LogP contribution in [-0.2, 0) is 0 Å². The van der Waals surface area contributed by atoms with Gasteiger partial charge in [0, 0.05) is 12.5 Å². The molecule has 0 radical (unpaired) electrons. The Morgan fingerprint density at radius 1 is 1.25 bits per heavy atom. The first-order valence-electron chi connectivity index (χ1n) is 6.47. The Labute approximate surface area is 98.5 Å². The Morgan fingerprint density at radius 2 is 1.94 bits per heavy atom. The van der Waals surface area contributed by atoms with Crippen molar-refractivity contribution in [2.24, 2.45) is 5.92 Å². The van der Waals surface area contributed by atoms with E-state index < -0.39 is 0 Å². The SMILES string of the molecule is Cc1ccccc1C(CO)CC1CCCC1. The van der Waals surface area contributed by atoms with Gasteiger partial charge < -0.3 is 5.11 Å². The standard InChI is InChI=1S/C15H22O/c1-12-6-2-5-9-15(12)14(11-16)10-13-7-3-4-8-13/h2,5-6,9,13-14,16H,3-4,7-8,10-11H2,1H3. The van der Waals surface area contributed by atoms with Crippen LogP contribution in [0.15, 0.2) is 24.3 Å². The smallest absolute Gasteiger partial charge is 0.0499 e. The lowest BCUT2D eigenvalue weighted by Gasteiger charge is -2.20. The number of hydrogen-bond acceptors (Lipinski definition) is 1. The highest BCUT2D eigenvalue weighted by Gasteiger charge is 2.21. The Balaban J connectivity index is 2.06. The molecule has 1 N–H and O–H groups in total. The third kappa shape index (κ3) is 2.65. The second-order valence-corrected chi connectivity index (χ2v) is 5.12. The van der Waals surface area contributed by atoms with E-state index in [1.165, 1.54) is 43.2 Å². The Kier molecular flexibility index (Phi) is 4.00. The first-order valence-corrected chi connectivity index (χ1v) is 6.47. The third-order valence-electron chi connectivity index (χ3n) is 3.94. The van der Waals surface area contributed by atoms with E-state index >= 15 is 0 Å². The number of benzene rings is 1. The van der Waals surface area contributed by atoms with Crippen LogP contribution in [-0.4, -0.2) is 11.7 Å². The molecule has 1 aromatic rings. The monoisotopic (exact) mass is 218 g/mol. The lowest BCUT2D eigenvalue weighted by molar-refractivity contribution is 0.243. The van der Waals surface area contributed by atoms with Crippen molar-refractivity contribution in [3.8, 4) is 0 Å². The maximum atomic E-state index is 9.56. The molecular weight excluding hydrogens is 196 g/mol. The summed E-state index contributed by atoms with van der Waals surface area (Å²) < 4.78 is 0. The molecule has 0 aromatic heterocycles. The van der Waals surface area contributed by atoms with Crippen LogP contribution in [0, 0.1) is 12.8 Å². The van der Waals surface area contributed by atoms with Gasteiger partial charge in [-0.3, -0.25) is 0 Å². The van der Waals surface area contributed by atoms with Crippen LogP contribution < -0.4 is 0 Å². The van der Waals surface area contributed by atoms with Crippen molar-refractivity contribution in [2.45, 2.75) is 44.9 Å². The minimum absolute atomic E-state index is 0.293. The maximum Gasteiger partial charge on any atom is 0.0499 e. The molecule has 0 aliphatic heterocycles. The average Bonchev–Trinajstić information content (AvgIpc) is 2.80. The summed E-state index contributed by atoms with van der Waals surface area (Å²) in [5.41, 5.74) is 2.66. The summed E-state index contributed by atoms with van der Waals surface area (Å²) in [6.07, 6.45) is 6.67. The molecule has 0 heterocycles. The van der Waals surface area contributed by atoms with Crippen LogP contribution in [0.25, 0.3) is 0 Å². The molecule has 1 fully saturated rings. The van der Waals surface area contributed by atoms with Gasteiger partial charge >= 0.3 is 0 Å². The highest BCUT2D eigenvalue weighted by Crippen LogP contribution is 2.34. The molecule has 1 unspecified atom stereocenters. The maximum absolute atomic E-state index is 9.56. The predicted octanol–water partition coefficient (Wildman–Crippen LogP) is 3.65. The second-order valence-electron chi connectivity index (χ2n) is 5.12. The van der Waals surface area contributed by atoms with E-state index in [-0.39, 0.29) is 0 Å². The molecule has 1 nitrogen and oxygen atoms in total. The zero-order valence-electron chi connectivity index (χ0n) is 10.2. The van der Waals surface area contributed by atoms with Crippen LogP contribution in [0.3, 0.4) is 0 Å². The molecule has 0 saturated heterocycles. The van der Waals surface area contributed by atoms with E-state index in [0.29, 0.717) is 12.5 Å². The van der Waals surface area contributed by atoms with Gasteiger partial charge in [0.25, 0.3) is 0 Å². The molecule has 0 bridgehead atoms. The Morgan fingerprint density at radius 3 is 2.56 bits per heavy atom. The zero-order chi connectivity index (χ0) is 11.4. The Bertz CT molecular complexity index is 326. The average molecular weight is 218 g/mol. The van der Waals surface area contributed by atoms with Crippen LogP contribution in [0.1, 0.15) is 49.1 Å². The molecule has 88 valence electrons. The molecule has 1 heteroatoms. The van der Waals surface area contributed by atoms with Crippen molar-refractivity contribution in [2.75, 3.05) is 6.61 Å². The summed E-state index contributed by atoms with van der Waals surface area (Å²) >= 11 is 0. The first kappa shape index (κ1) is 11.7. The zero-order valence-corrected chi connectivity index (χ0v) is 10.2. The lowest BCUT2D eigenvalue weighted by atomic mass is 9.86. The number of aryl methyl sites for hydroxylation is 1. The molecule has 16 heavy (non-hydrogen) atoms. The molecule has 1 aliphatic rings. The van der Waals surface area contributed by atoms with Gasteiger partial charge in [0.1, 0.15) is 0 Å². The van der Waals surface area contributed by atoms with E-state index in [2.05, 4.69) is 31.2 Å². The molecule has 1 aromatic carbocycles. The van der Waals surface area contributed by atoms with E-state index in [1.54, 1.807) is 0 Å². The molecule has 2 rings (SSSR count). The van der Waals surface area contributed by atoms with E-state index in [1.807, 2.05) is 0 Å². The van der Waals surface area contributed by atoms with Gasteiger partial charge in [-0.25, -0.2) is 0 Å². The summed E-state index contributed by atoms with van der Waals surface area (Å²) in [6.45, 7) is 2.44. The Hall–Kier alpha value is -0.820. The van der Waals surface area contributed by atoms with Crippen LogP contribution in [0.5, 0.6) is 0 Å². The summed E-state index contributed by atoms with van der Waals surface area (Å²) in [5.74, 6) is 1.20.